The van der Waals surface area contributed by atoms with Crippen molar-refractivity contribution in [3.05, 3.63) is 53.7 Å². The number of hydrogen-bond acceptors (Lipinski definition) is 5. The lowest BCUT2D eigenvalue weighted by molar-refractivity contribution is 0.385. The number of methoxy groups -OCH3 is 1. The van der Waals surface area contributed by atoms with Crippen LogP contribution < -0.4 is 10.5 Å². The highest BCUT2D eigenvalue weighted by Gasteiger charge is 2.15. The molecule has 5 nitrogen and oxygen atoms in total. The quantitative estimate of drug-likeness (QED) is 0.791. The molecule has 0 spiro atoms. The van der Waals surface area contributed by atoms with Gasteiger partial charge in [0.2, 0.25) is 5.89 Å². The van der Waals surface area contributed by atoms with Crippen molar-refractivity contribution in [2.75, 3.05) is 7.11 Å². The Labute approximate surface area is 116 Å². The molecule has 0 amide bonds. The Morgan fingerprint density at radius 3 is 2.60 bits per heavy atom. The largest absolute Gasteiger partial charge is 0.497 e. The molecular weight excluding hydrogens is 254 g/mol. The molecule has 20 heavy (non-hydrogen) atoms. The number of ether oxygens (including phenoxy) is 1. The minimum absolute atomic E-state index is 0.390. The van der Waals surface area contributed by atoms with Crippen molar-refractivity contribution in [2.24, 2.45) is 5.73 Å². The first-order valence-corrected chi connectivity index (χ1v) is 6.31. The number of fused-ring (bicyclic) bond motifs is 1. The summed E-state index contributed by atoms with van der Waals surface area (Å²) in [5.74, 6) is 1.85. The van der Waals surface area contributed by atoms with Gasteiger partial charge in [0.15, 0.2) is 5.82 Å². The Bertz CT molecular complexity index is 752. The van der Waals surface area contributed by atoms with Crippen molar-refractivity contribution < 1.29 is 9.26 Å². The second-order valence-corrected chi connectivity index (χ2v) is 4.62. The van der Waals surface area contributed by atoms with Crippen LogP contribution in [0.15, 0.2) is 40.9 Å². The number of benzene rings is 2. The third-order valence-corrected chi connectivity index (χ3v) is 3.25. The SMILES string of the molecule is COc1ccc2cc(C(N)c3noc(C)n3)ccc2c1. The number of nitrogens with two attached hydrogens (primary N) is 1. The Balaban J connectivity index is 2.00. The molecule has 0 saturated heterocycles. The fourth-order valence-corrected chi connectivity index (χ4v) is 2.15. The van der Waals surface area contributed by atoms with Crippen LogP contribution in [0.3, 0.4) is 0 Å². The van der Waals surface area contributed by atoms with Gasteiger partial charge in [-0.25, -0.2) is 0 Å². The zero-order valence-electron chi connectivity index (χ0n) is 11.3. The lowest BCUT2D eigenvalue weighted by Crippen LogP contribution is -2.13. The zero-order valence-corrected chi connectivity index (χ0v) is 11.3. The molecule has 0 aliphatic rings. The minimum atomic E-state index is -0.390. The predicted octanol–water partition coefficient (Wildman–Crippen LogP) is 2.59. The van der Waals surface area contributed by atoms with E-state index in [0.717, 1.165) is 22.1 Å². The van der Waals surface area contributed by atoms with Crippen molar-refractivity contribution >= 4 is 10.8 Å². The summed E-state index contributed by atoms with van der Waals surface area (Å²) >= 11 is 0. The summed E-state index contributed by atoms with van der Waals surface area (Å²) in [5.41, 5.74) is 7.11. The number of hydrogen-bond donors (Lipinski definition) is 1. The third-order valence-electron chi connectivity index (χ3n) is 3.25. The van der Waals surface area contributed by atoms with Crippen molar-refractivity contribution in [1.82, 2.24) is 10.1 Å². The van der Waals surface area contributed by atoms with Crippen molar-refractivity contribution in [2.45, 2.75) is 13.0 Å². The van der Waals surface area contributed by atoms with Crippen LogP contribution >= 0.6 is 0 Å². The van der Waals surface area contributed by atoms with Crippen LogP contribution in [-0.4, -0.2) is 17.3 Å². The first kappa shape index (κ1) is 12.6. The second kappa shape index (κ2) is 4.94. The Kier molecular flexibility index (Phi) is 3.12. The van der Waals surface area contributed by atoms with Crippen LogP contribution in [0, 0.1) is 6.92 Å². The molecule has 1 atom stereocenters. The molecule has 0 saturated carbocycles. The predicted molar refractivity (Wildman–Crippen MR) is 75.6 cm³/mol. The summed E-state index contributed by atoms with van der Waals surface area (Å²) in [4.78, 5) is 4.17. The Hall–Kier alpha value is -2.40. The van der Waals surface area contributed by atoms with E-state index in [2.05, 4.69) is 10.1 Å². The molecule has 5 heteroatoms. The minimum Gasteiger partial charge on any atom is -0.497 e. The standard InChI is InChI=1S/C15H15N3O2/c1-9-17-15(18-20-9)14(16)12-4-3-11-8-13(19-2)6-5-10(11)7-12/h3-8,14H,16H2,1-2H3. The van der Waals surface area contributed by atoms with Crippen LogP contribution in [0.2, 0.25) is 0 Å². The van der Waals surface area contributed by atoms with Gasteiger partial charge >= 0.3 is 0 Å². The van der Waals surface area contributed by atoms with E-state index in [0.29, 0.717) is 11.7 Å². The van der Waals surface area contributed by atoms with Gasteiger partial charge in [0, 0.05) is 6.92 Å². The summed E-state index contributed by atoms with van der Waals surface area (Å²) in [5, 5.41) is 6.07. The molecular formula is C15H15N3O2. The smallest absolute Gasteiger partial charge is 0.223 e. The molecule has 102 valence electrons. The monoisotopic (exact) mass is 269 g/mol. The van der Waals surface area contributed by atoms with Gasteiger partial charge in [-0.05, 0) is 34.5 Å². The normalized spacial score (nSPS) is 12.6. The van der Waals surface area contributed by atoms with Crippen LogP contribution in [0.25, 0.3) is 10.8 Å². The Morgan fingerprint density at radius 1 is 1.15 bits per heavy atom. The first-order chi connectivity index (χ1) is 9.67. The molecule has 0 fully saturated rings. The van der Waals surface area contributed by atoms with Gasteiger partial charge in [0.05, 0.1) is 13.2 Å². The molecule has 0 radical (unpaired) electrons. The summed E-state index contributed by atoms with van der Waals surface area (Å²) < 4.78 is 10.2. The highest BCUT2D eigenvalue weighted by atomic mass is 16.5. The summed E-state index contributed by atoms with van der Waals surface area (Å²) in [6, 6.07) is 11.5. The summed E-state index contributed by atoms with van der Waals surface area (Å²) in [6.07, 6.45) is 0. The maximum Gasteiger partial charge on any atom is 0.223 e. The zero-order chi connectivity index (χ0) is 14.1. The molecule has 1 aromatic heterocycles. The van der Waals surface area contributed by atoms with Crippen LogP contribution in [0.4, 0.5) is 0 Å². The van der Waals surface area contributed by atoms with E-state index in [9.17, 15) is 0 Å². The van der Waals surface area contributed by atoms with Crippen LogP contribution in [-0.2, 0) is 0 Å². The molecule has 3 rings (SSSR count). The van der Waals surface area contributed by atoms with Crippen molar-refractivity contribution in [3.63, 3.8) is 0 Å². The van der Waals surface area contributed by atoms with Gasteiger partial charge in [-0.1, -0.05) is 23.4 Å². The molecule has 3 aromatic rings. The van der Waals surface area contributed by atoms with E-state index in [1.807, 2.05) is 36.4 Å². The molecule has 0 aliphatic carbocycles. The average molecular weight is 269 g/mol. The molecule has 2 N–H and O–H groups in total. The van der Waals surface area contributed by atoms with Gasteiger partial charge in [-0.2, -0.15) is 4.98 Å². The molecule has 0 bridgehead atoms. The van der Waals surface area contributed by atoms with E-state index in [4.69, 9.17) is 15.0 Å². The van der Waals surface area contributed by atoms with Crippen LogP contribution in [0.5, 0.6) is 5.75 Å². The fourth-order valence-electron chi connectivity index (χ4n) is 2.15. The summed E-state index contributed by atoms with van der Waals surface area (Å²) in [7, 11) is 1.66. The molecule has 0 aliphatic heterocycles. The maximum absolute atomic E-state index is 6.17. The fraction of sp³-hybridized carbons (Fsp3) is 0.200. The molecule has 1 heterocycles. The van der Waals surface area contributed by atoms with Crippen molar-refractivity contribution in [1.29, 1.82) is 0 Å². The topological polar surface area (TPSA) is 74.2 Å². The first-order valence-electron chi connectivity index (χ1n) is 6.31. The lowest BCUT2D eigenvalue weighted by atomic mass is 10.0. The summed E-state index contributed by atoms with van der Waals surface area (Å²) in [6.45, 7) is 1.75. The second-order valence-electron chi connectivity index (χ2n) is 4.62. The highest BCUT2D eigenvalue weighted by Crippen LogP contribution is 2.25. The van der Waals surface area contributed by atoms with E-state index in [1.54, 1.807) is 14.0 Å². The van der Waals surface area contributed by atoms with E-state index < -0.39 is 0 Å². The molecule has 2 aromatic carbocycles. The number of rotatable bonds is 3. The third kappa shape index (κ3) is 2.23. The van der Waals surface area contributed by atoms with Gasteiger partial charge in [-0.15, -0.1) is 0 Å². The van der Waals surface area contributed by atoms with Gasteiger partial charge in [0.1, 0.15) is 5.75 Å². The Morgan fingerprint density at radius 2 is 1.90 bits per heavy atom. The van der Waals surface area contributed by atoms with E-state index in [-0.39, 0.29) is 6.04 Å². The van der Waals surface area contributed by atoms with Crippen LogP contribution in [0.1, 0.15) is 23.3 Å². The molecule has 1 unspecified atom stereocenters. The number of nitrogens with zero attached hydrogens (tertiary/aromatic N) is 2. The average Bonchev–Trinajstić information content (AvgIpc) is 2.92. The lowest BCUT2D eigenvalue weighted by Gasteiger charge is -2.09. The van der Waals surface area contributed by atoms with Gasteiger partial charge < -0.3 is 15.0 Å². The number of aromatic nitrogens is 2. The van der Waals surface area contributed by atoms with E-state index in [1.165, 1.54) is 0 Å². The van der Waals surface area contributed by atoms with Crippen molar-refractivity contribution in [3.8, 4) is 5.75 Å². The van der Waals surface area contributed by atoms with Gasteiger partial charge in [0.25, 0.3) is 0 Å². The van der Waals surface area contributed by atoms with E-state index >= 15 is 0 Å². The highest BCUT2D eigenvalue weighted by molar-refractivity contribution is 5.84. The van der Waals surface area contributed by atoms with Gasteiger partial charge in [-0.3, -0.25) is 0 Å². The number of aryl methyl sites for hydroxylation is 1. The maximum atomic E-state index is 6.17.